The molecule has 0 spiro atoms. The van der Waals surface area contributed by atoms with E-state index in [1.165, 1.54) is 5.69 Å². The molecule has 3 N–H and O–H groups in total. The Bertz CT molecular complexity index is 764. The molecule has 0 amide bonds. The minimum atomic E-state index is 0.228. The molecule has 1 unspecified atom stereocenters. The van der Waals surface area contributed by atoms with Gasteiger partial charge in [-0.3, -0.25) is 0 Å². The number of guanidine groups is 1. The molecule has 2 aromatic carbocycles. The summed E-state index contributed by atoms with van der Waals surface area (Å²) in [5.74, 6) is 1.71. The summed E-state index contributed by atoms with van der Waals surface area (Å²) in [7, 11) is 1.61. The molecule has 1 atom stereocenters. The number of aromatic hydroxyl groups is 1. The Kier molecular flexibility index (Phi) is 6.41. The van der Waals surface area contributed by atoms with Crippen LogP contribution in [0.1, 0.15) is 18.9 Å². The summed E-state index contributed by atoms with van der Waals surface area (Å²) in [6.45, 7) is 5.18. The molecule has 6 nitrogen and oxygen atoms in total. The van der Waals surface area contributed by atoms with E-state index in [1.807, 2.05) is 19.1 Å². The number of nitrogens with zero attached hydrogens (tertiary/aromatic N) is 2. The number of para-hydroxylation sites is 1. The molecule has 144 valence electrons. The summed E-state index contributed by atoms with van der Waals surface area (Å²) in [5, 5.41) is 16.9. The van der Waals surface area contributed by atoms with Crippen molar-refractivity contribution in [2.24, 2.45) is 4.99 Å². The third-order valence-corrected chi connectivity index (χ3v) is 4.69. The number of hydrogen-bond donors (Lipinski definition) is 3. The number of methoxy groups -OCH3 is 1. The van der Waals surface area contributed by atoms with Gasteiger partial charge in [0, 0.05) is 36.9 Å². The van der Waals surface area contributed by atoms with Crippen LogP contribution in [0.25, 0.3) is 0 Å². The van der Waals surface area contributed by atoms with Crippen LogP contribution in [0.3, 0.4) is 0 Å². The van der Waals surface area contributed by atoms with Crippen molar-refractivity contribution >= 4 is 11.6 Å². The predicted octanol–water partition coefficient (Wildman–Crippen LogP) is 2.73. The molecular formula is C21H28N4O2. The van der Waals surface area contributed by atoms with Crippen LogP contribution < -0.4 is 20.3 Å². The summed E-state index contributed by atoms with van der Waals surface area (Å²) >= 11 is 0. The number of phenols is 1. The van der Waals surface area contributed by atoms with E-state index in [1.54, 1.807) is 19.2 Å². The van der Waals surface area contributed by atoms with Crippen LogP contribution in [0.15, 0.2) is 53.5 Å². The average Bonchev–Trinajstić information content (AvgIpc) is 3.16. The topological polar surface area (TPSA) is 69.1 Å². The average molecular weight is 368 g/mol. The molecule has 6 heteroatoms. The van der Waals surface area contributed by atoms with Gasteiger partial charge in [0.25, 0.3) is 0 Å². The van der Waals surface area contributed by atoms with E-state index in [0.717, 1.165) is 37.6 Å². The first kappa shape index (κ1) is 18.9. The van der Waals surface area contributed by atoms with Gasteiger partial charge in [0.2, 0.25) is 0 Å². The Morgan fingerprint density at radius 3 is 2.81 bits per heavy atom. The third kappa shape index (κ3) is 5.06. The molecule has 27 heavy (non-hydrogen) atoms. The van der Waals surface area contributed by atoms with Crippen molar-refractivity contribution in [1.82, 2.24) is 10.6 Å². The molecule has 2 aromatic rings. The summed E-state index contributed by atoms with van der Waals surface area (Å²) in [6.07, 6.45) is 1.06. The smallest absolute Gasteiger partial charge is 0.191 e. The van der Waals surface area contributed by atoms with Crippen molar-refractivity contribution in [1.29, 1.82) is 0 Å². The fraction of sp³-hybridized carbons (Fsp3) is 0.381. The number of ether oxygens (including phenoxy) is 1. The van der Waals surface area contributed by atoms with Crippen molar-refractivity contribution in [3.8, 4) is 11.5 Å². The first-order chi connectivity index (χ1) is 13.2. The molecule has 1 aliphatic rings. The maximum Gasteiger partial charge on any atom is 0.191 e. The fourth-order valence-electron chi connectivity index (χ4n) is 3.24. The molecule has 1 heterocycles. The Balaban J connectivity index is 1.63. The van der Waals surface area contributed by atoms with Crippen LogP contribution in [0.4, 0.5) is 5.69 Å². The van der Waals surface area contributed by atoms with Gasteiger partial charge in [-0.2, -0.15) is 0 Å². The zero-order chi connectivity index (χ0) is 19.1. The van der Waals surface area contributed by atoms with E-state index in [4.69, 9.17) is 4.74 Å². The SMILES string of the molecule is CCNC(=NCc1cc(OC)ccc1O)NC1CCN(c2ccccc2)C1. The number of benzene rings is 2. The predicted molar refractivity (Wildman–Crippen MR) is 110 cm³/mol. The lowest BCUT2D eigenvalue weighted by Crippen LogP contribution is -2.44. The molecule has 1 saturated heterocycles. The van der Waals surface area contributed by atoms with E-state index in [0.29, 0.717) is 18.3 Å². The van der Waals surface area contributed by atoms with E-state index in [-0.39, 0.29) is 5.75 Å². The standard InChI is InChI=1S/C21H28N4O2/c1-3-22-21(23-14-16-13-19(27-2)9-10-20(16)26)24-17-11-12-25(15-17)18-7-5-4-6-8-18/h4-10,13,17,26H,3,11-12,14-15H2,1-2H3,(H2,22,23,24). The van der Waals surface area contributed by atoms with E-state index in [2.05, 4.69) is 44.8 Å². The van der Waals surface area contributed by atoms with Crippen LogP contribution in [-0.2, 0) is 6.54 Å². The van der Waals surface area contributed by atoms with Crippen molar-refractivity contribution in [2.75, 3.05) is 31.6 Å². The Hall–Kier alpha value is -2.89. The molecule has 0 saturated carbocycles. The molecule has 1 aliphatic heterocycles. The van der Waals surface area contributed by atoms with Gasteiger partial charge in [-0.25, -0.2) is 4.99 Å². The van der Waals surface area contributed by atoms with E-state index >= 15 is 0 Å². The van der Waals surface area contributed by atoms with Gasteiger partial charge in [-0.15, -0.1) is 0 Å². The molecular weight excluding hydrogens is 340 g/mol. The maximum atomic E-state index is 10.0. The number of anilines is 1. The second-order valence-corrected chi connectivity index (χ2v) is 6.60. The Morgan fingerprint density at radius 1 is 1.26 bits per heavy atom. The molecule has 1 fully saturated rings. The highest BCUT2D eigenvalue weighted by molar-refractivity contribution is 5.80. The lowest BCUT2D eigenvalue weighted by molar-refractivity contribution is 0.411. The normalized spacial score (nSPS) is 17.0. The highest BCUT2D eigenvalue weighted by Crippen LogP contribution is 2.23. The zero-order valence-electron chi connectivity index (χ0n) is 16.0. The number of phenolic OH excluding ortho intramolecular Hbond substituents is 1. The molecule has 0 aliphatic carbocycles. The summed E-state index contributed by atoms with van der Waals surface area (Å²) in [5.41, 5.74) is 1.99. The largest absolute Gasteiger partial charge is 0.508 e. The van der Waals surface area contributed by atoms with Gasteiger partial charge >= 0.3 is 0 Å². The van der Waals surface area contributed by atoms with Gasteiger partial charge in [-0.1, -0.05) is 18.2 Å². The third-order valence-electron chi connectivity index (χ3n) is 4.69. The van der Waals surface area contributed by atoms with E-state index < -0.39 is 0 Å². The Labute approximate surface area is 160 Å². The second-order valence-electron chi connectivity index (χ2n) is 6.60. The van der Waals surface area contributed by atoms with Gasteiger partial charge in [0.05, 0.1) is 13.7 Å². The van der Waals surface area contributed by atoms with E-state index in [9.17, 15) is 5.11 Å². The first-order valence-electron chi connectivity index (χ1n) is 9.40. The van der Waals surface area contributed by atoms with Gasteiger partial charge < -0.3 is 25.4 Å². The van der Waals surface area contributed by atoms with Gasteiger partial charge in [-0.05, 0) is 43.7 Å². The van der Waals surface area contributed by atoms with Crippen LogP contribution in [0.2, 0.25) is 0 Å². The Morgan fingerprint density at radius 2 is 2.07 bits per heavy atom. The number of aliphatic imine (C=N–C) groups is 1. The fourth-order valence-corrected chi connectivity index (χ4v) is 3.24. The number of hydrogen-bond acceptors (Lipinski definition) is 4. The molecule has 0 aromatic heterocycles. The summed E-state index contributed by atoms with van der Waals surface area (Å²) < 4.78 is 5.23. The highest BCUT2D eigenvalue weighted by Gasteiger charge is 2.23. The van der Waals surface area contributed by atoms with Crippen molar-refractivity contribution in [3.63, 3.8) is 0 Å². The second kappa shape index (κ2) is 9.16. The van der Waals surface area contributed by atoms with Crippen LogP contribution in [0.5, 0.6) is 11.5 Å². The molecule has 0 bridgehead atoms. The van der Waals surface area contributed by atoms with Gasteiger partial charge in [0.1, 0.15) is 11.5 Å². The summed E-state index contributed by atoms with van der Waals surface area (Å²) in [4.78, 5) is 7.03. The lowest BCUT2D eigenvalue weighted by atomic mass is 10.2. The minimum Gasteiger partial charge on any atom is -0.508 e. The number of rotatable bonds is 6. The molecule has 0 radical (unpaired) electrons. The van der Waals surface area contributed by atoms with Crippen LogP contribution >= 0.6 is 0 Å². The quantitative estimate of drug-likeness (QED) is 0.540. The molecule has 3 rings (SSSR count). The maximum absolute atomic E-state index is 10.0. The number of nitrogens with one attached hydrogen (secondary N) is 2. The lowest BCUT2D eigenvalue weighted by Gasteiger charge is -2.20. The van der Waals surface area contributed by atoms with Crippen LogP contribution in [-0.4, -0.2) is 43.9 Å². The van der Waals surface area contributed by atoms with Crippen molar-refractivity contribution in [3.05, 3.63) is 54.1 Å². The zero-order valence-corrected chi connectivity index (χ0v) is 16.0. The van der Waals surface area contributed by atoms with Crippen molar-refractivity contribution in [2.45, 2.75) is 25.9 Å². The highest BCUT2D eigenvalue weighted by atomic mass is 16.5. The van der Waals surface area contributed by atoms with Gasteiger partial charge in [0.15, 0.2) is 5.96 Å². The minimum absolute atomic E-state index is 0.228. The summed E-state index contributed by atoms with van der Waals surface area (Å²) in [6, 6.07) is 16.0. The van der Waals surface area contributed by atoms with Crippen LogP contribution in [0, 0.1) is 0 Å². The van der Waals surface area contributed by atoms with Crippen molar-refractivity contribution < 1.29 is 9.84 Å². The first-order valence-corrected chi connectivity index (χ1v) is 9.40. The monoisotopic (exact) mass is 368 g/mol.